The van der Waals surface area contributed by atoms with Crippen molar-refractivity contribution in [3.8, 4) is 0 Å². The van der Waals surface area contributed by atoms with Gasteiger partial charge in [-0.15, -0.1) is 0 Å². The Bertz CT molecular complexity index is 834. The van der Waals surface area contributed by atoms with Crippen LogP contribution < -0.4 is 5.32 Å². The third-order valence-corrected chi connectivity index (χ3v) is 4.46. The molecule has 144 valence electrons. The largest absolute Gasteiger partial charge is 0.469 e. The van der Waals surface area contributed by atoms with Gasteiger partial charge in [0.15, 0.2) is 0 Å². The van der Waals surface area contributed by atoms with Crippen LogP contribution in [-0.4, -0.2) is 33.5 Å². The first-order valence-electron chi connectivity index (χ1n) is 8.10. The van der Waals surface area contributed by atoms with E-state index in [1.165, 1.54) is 13.3 Å². The molecule has 0 fully saturated rings. The second-order valence-corrected chi connectivity index (χ2v) is 6.71. The lowest BCUT2D eigenvalue weighted by Gasteiger charge is -2.18. The summed E-state index contributed by atoms with van der Waals surface area (Å²) in [6.07, 6.45) is 1.38. The first-order valence-corrected chi connectivity index (χ1v) is 8.89. The first-order chi connectivity index (χ1) is 12.8. The number of aromatic nitrogens is 2. The van der Waals surface area contributed by atoms with Crippen molar-refractivity contribution in [2.75, 3.05) is 7.11 Å². The number of carbonyl (C=O) groups is 2. The van der Waals surface area contributed by atoms with Crippen molar-refractivity contribution in [1.82, 2.24) is 14.9 Å². The SMILES string of the molecule is COC(=O)CC(NC(=O)CCn1cc([N+](=O)[O-])nc1C)c1ccc(Br)cc1. The summed E-state index contributed by atoms with van der Waals surface area (Å²) in [4.78, 5) is 38.0. The molecule has 0 aliphatic heterocycles. The minimum absolute atomic E-state index is 0.000548. The highest BCUT2D eigenvalue weighted by atomic mass is 79.9. The van der Waals surface area contributed by atoms with E-state index in [0.29, 0.717) is 5.82 Å². The number of methoxy groups -OCH3 is 1. The highest BCUT2D eigenvalue weighted by Crippen LogP contribution is 2.20. The highest BCUT2D eigenvalue weighted by Gasteiger charge is 2.20. The summed E-state index contributed by atoms with van der Waals surface area (Å²) in [6, 6.07) is 6.72. The minimum Gasteiger partial charge on any atom is -0.469 e. The lowest BCUT2D eigenvalue weighted by molar-refractivity contribution is -0.389. The number of carbonyl (C=O) groups excluding carboxylic acids is 2. The fourth-order valence-electron chi connectivity index (χ4n) is 2.49. The van der Waals surface area contributed by atoms with Crippen LogP contribution in [0, 0.1) is 17.0 Å². The van der Waals surface area contributed by atoms with Crippen LogP contribution in [0.2, 0.25) is 0 Å². The average molecular weight is 439 g/mol. The Labute approximate surface area is 164 Å². The van der Waals surface area contributed by atoms with Gasteiger partial charge in [-0.05, 0) is 27.6 Å². The van der Waals surface area contributed by atoms with Crippen LogP contribution >= 0.6 is 15.9 Å². The van der Waals surface area contributed by atoms with E-state index in [1.54, 1.807) is 23.6 Å². The predicted molar refractivity (Wildman–Crippen MR) is 99.9 cm³/mol. The second-order valence-electron chi connectivity index (χ2n) is 5.80. The summed E-state index contributed by atoms with van der Waals surface area (Å²) in [6.45, 7) is 1.87. The van der Waals surface area contributed by atoms with E-state index in [0.717, 1.165) is 10.0 Å². The van der Waals surface area contributed by atoms with Gasteiger partial charge >= 0.3 is 11.8 Å². The summed E-state index contributed by atoms with van der Waals surface area (Å²) >= 11 is 3.34. The molecule has 1 aromatic carbocycles. The molecule has 0 aliphatic rings. The Morgan fingerprint density at radius 1 is 1.37 bits per heavy atom. The van der Waals surface area contributed by atoms with Crippen molar-refractivity contribution < 1.29 is 19.2 Å². The Morgan fingerprint density at radius 2 is 2.04 bits per heavy atom. The normalized spacial score (nSPS) is 11.7. The summed E-state index contributed by atoms with van der Waals surface area (Å²) in [5.74, 6) is -0.535. The molecule has 1 amide bonds. The molecule has 1 heterocycles. The lowest BCUT2D eigenvalue weighted by atomic mass is 10.0. The van der Waals surface area contributed by atoms with Crippen LogP contribution in [0.5, 0.6) is 0 Å². The van der Waals surface area contributed by atoms with Gasteiger partial charge in [-0.1, -0.05) is 28.1 Å². The molecule has 1 unspecified atom stereocenters. The number of amides is 1. The monoisotopic (exact) mass is 438 g/mol. The number of nitro groups is 1. The first kappa shape index (κ1) is 20.6. The number of benzene rings is 1. The molecule has 2 aromatic rings. The smallest absolute Gasteiger partial charge is 0.381 e. The zero-order valence-corrected chi connectivity index (χ0v) is 16.4. The number of halogens is 1. The van der Waals surface area contributed by atoms with Crippen molar-refractivity contribution in [3.63, 3.8) is 0 Å². The van der Waals surface area contributed by atoms with Gasteiger partial charge < -0.3 is 24.7 Å². The highest BCUT2D eigenvalue weighted by molar-refractivity contribution is 9.10. The summed E-state index contributed by atoms with van der Waals surface area (Å²) in [5.41, 5.74) is 0.770. The number of esters is 1. The fraction of sp³-hybridized carbons (Fsp3) is 0.353. The maximum absolute atomic E-state index is 12.3. The minimum atomic E-state index is -0.580. The molecule has 0 saturated carbocycles. The van der Waals surface area contributed by atoms with E-state index >= 15 is 0 Å². The molecule has 1 N–H and O–H groups in total. The number of hydrogen-bond acceptors (Lipinski definition) is 6. The van der Waals surface area contributed by atoms with Gasteiger partial charge in [-0.25, -0.2) is 0 Å². The molecular weight excluding hydrogens is 420 g/mol. The molecule has 0 radical (unpaired) electrons. The van der Waals surface area contributed by atoms with Crippen molar-refractivity contribution >= 4 is 33.6 Å². The van der Waals surface area contributed by atoms with Gasteiger partial charge in [0.25, 0.3) is 0 Å². The van der Waals surface area contributed by atoms with Crippen LogP contribution in [0.4, 0.5) is 5.82 Å². The fourth-order valence-corrected chi connectivity index (χ4v) is 2.76. The number of ether oxygens (including phenoxy) is 1. The maximum atomic E-state index is 12.3. The van der Waals surface area contributed by atoms with Gasteiger partial charge in [-0.2, -0.15) is 0 Å². The number of nitrogens with zero attached hydrogens (tertiary/aromatic N) is 3. The zero-order valence-electron chi connectivity index (χ0n) is 14.8. The molecule has 9 nitrogen and oxygen atoms in total. The number of rotatable bonds is 8. The Balaban J connectivity index is 2.03. The number of aryl methyl sites for hydroxylation is 2. The van der Waals surface area contributed by atoms with Gasteiger partial charge in [-0.3, -0.25) is 9.59 Å². The van der Waals surface area contributed by atoms with Gasteiger partial charge in [0.2, 0.25) is 11.7 Å². The van der Waals surface area contributed by atoms with Crippen LogP contribution in [-0.2, 0) is 20.9 Å². The molecule has 1 atom stereocenters. The topological polar surface area (TPSA) is 116 Å². The van der Waals surface area contributed by atoms with Gasteiger partial charge in [0, 0.05) is 24.4 Å². The van der Waals surface area contributed by atoms with Crippen molar-refractivity contribution in [2.24, 2.45) is 0 Å². The standard InChI is InChI=1S/C17H19BrN4O5/c1-11-19-15(22(25)26)10-21(11)8-7-16(23)20-14(9-17(24)27-2)12-3-5-13(18)6-4-12/h3-6,10,14H,7-9H2,1-2H3,(H,20,23). The van der Waals surface area contributed by atoms with Crippen molar-refractivity contribution in [2.45, 2.75) is 32.4 Å². The van der Waals surface area contributed by atoms with E-state index in [-0.39, 0.29) is 31.1 Å². The van der Waals surface area contributed by atoms with Crippen molar-refractivity contribution in [3.05, 3.63) is 56.4 Å². The summed E-state index contributed by atoms with van der Waals surface area (Å²) in [5, 5.41) is 13.6. The maximum Gasteiger partial charge on any atom is 0.381 e. The third kappa shape index (κ3) is 5.88. The van der Waals surface area contributed by atoms with Crippen LogP contribution in [0.15, 0.2) is 34.9 Å². The number of nitrogens with one attached hydrogen (secondary N) is 1. The summed E-state index contributed by atoms with van der Waals surface area (Å²) < 4.78 is 7.13. The van der Waals surface area contributed by atoms with Crippen molar-refractivity contribution in [1.29, 1.82) is 0 Å². The van der Waals surface area contributed by atoms with Crippen LogP contribution in [0.1, 0.15) is 30.3 Å². The zero-order chi connectivity index (χ0) is 20.0. The molecule has 27 heavy (non-hydrogen) atoms. The van der Waals surface area contributed by atoms with E-state index in [1.807, 2.05) is 12.1 Å². The van der Waals surface area contributed by atoms with Crippen LogP contribution in [0.3, 0.4) is 0 Å². The van der Waals surface area contributed by atoms with E-state index in [2.05, 4.69) is 26.2 Å². The molecule has 0 saturated heterocycles. The molecule has 0 bridgehead atoms. The van der Waals surface area contributed by atoms with Gasteiger partial charge in [0.1, 0.15) is 6.20 Å². The Kier molecular flexibility index (Phi) is 7.05. The van der Waals surface area contributed by atoms with Gasteiger partial charge in [0.05, 0.1) is 19.6 Å². The van der Waals surface area contributed by atoms with E-state index in [4.69, 9.17) is 4.74 Å². The molecule has 2 rings (SSSR count). The molecular formula is C17H19BrN4O5. The third-order valence-electron chi connectivity index (χ3n) is 3.94. The van der Waals surface area contributed by atoms with E-state index in [9.17, 15) is 19.7 Å². The Morgan fingerprint density at radius 3 is 2.59 bits per heavy atom. The molecule has 10 heteroatoms. The average Bonchev–Trinajstić information content (AvgIpc) is 3.01. The second kappa shape index (κ2) is 9.26. The quantitative estimate of drug-likeness (QED) is 0.384. The summed E-state index contributed by atoms with van der Waals surface area (Å²) in [7, 11) is 1.29. The van der Waals surface area contributed by atoms with Crippen LogP contribution in [0.25, 0.3) is 0 Å². The number of imidazole rings is 1. The predicted octanol–water partition coefficient (Wildman–Crippen LogP) is 2.67. The lowest BCUT2D eigenvalue weighted by Crippen LogP contribution is -2.31. The Hall–Kier alpha value is -2.75. The van der Waals surface area contributed by atoms with E-state index < -0.39 is 16.9 Å². The number of hydrogen-bond donors (Lipinski definition) is 1. The molecule has 0 aliphatic carbocycles. The molecule has 1 aromatic heterocycles. The molecule has 0 spiro atoms.